The van der Waals surface area contributed by atoms with Crippen molar-refractivity contribution in [1.29, 1.82) is 0 Å². The second kappa shape index (κ2) is 9.94. The minimum absolute atomic E-state index is 0. The molecule has 3 aromatic rings. The summed E-state index contributed by atoms with van der Waals surface area (Å²) in [5.74, 6) is -0.466. The summed E-state index contributed by atoms with van der Waals surface area (Å²) in [5, 5.41) is 0.738. The van der Waals surface area contributed by atoms with E-state index in [2.05, 4.69) is 33.0 Å². The van der Waals surface area contributed by atoms with Crippen molar-refractivity contribution in [3.05, 3.63) is 98.4 Å². The van der Waals surface area contributed by atoms with Crippen LogP contribution in [0.4, 0.5) is 10.5 Å². The summed E-state index contributed by atoms with van der Waals surface area (Å²) >= 11 is 15.9. The zero-order valence-electron chi connectivity index (χ0n) is 18.4. The SMILES string of the molecule is C.CN1C(=O)N(c2cc(Cl)cc(Cl)c2)C(=O)[C@]12CN(Cc1ccccc1)C[C@H]2c1ccc(Br)cc1. The predicted molar refractivity (Wildman–Crippen MR) is 145 cm³/mol. The standard InChI is InChI=1S/C26H22BrCl2N3O2.CH4/c1-30-25(34)32(22-12-20(28)11-21(29)13-22)24(33)26(30)16-31(14-17-5-3-2-4-6-17)15-23(26)18-7-9-19(27)10-8-18;/h2-13,23H,14-16H2,1H3;1H4/t23-,26+;/m0./s1. The van der Waals surface area contributed by atoms with Crippen LogP contribution in [0.1, 0.15) is 24.5 Å². The maximum absolute atomic E-state index is 14.2. The molecule has 0 unspecified atom stereocenters. The highest BCUT2D eigenvalue weighted by molar-refractivity contribution is 9.10. The third-order valence-corrected chi connectivity index (χ3v) is 7.72. The van der Waals surface area contributed by atoms with Crippen LogP contribution in [0.5, 0.6) is 0 Å². The molecule has 3 amide bonds. The third-order valence-electron chi connectivity index (χ3n) is 6.76. The van der Waals surface area contributed by atoms with Gasteiger partial charge < -0.3 is 4.90 Å². The molecule has 0 aromatic heterocycles. The Balaban J connectivity index is 0.00000289. The second-order valence-corrected chi connectivity index (χ2v) is 10.6. The molecular formula is C27H26BrCl2N3O2. The fourth-order valence-electron chi connectivity index (χ4n) is 5.16. The Hall–Kier alpha value is -2.38. The van der Waals surface area contributed by atoms with E-state index in [1.54, 1.807) is 30.1 Å². The lowest BCUT2D eigenvalue weighted by Crippen LogP contribution is -2.53. The summed E-state index contributed by atoms with van der Waals surface area (Å²) in [6.45, 7) is 1.76. The van der Waals surface area contributed by atoms with Crippen LogP contribution < -0.4 is 4.90 Å². The largest absolute Gasteiger partial charge is 0.332 e. The quantitative estimate of drug-likeness (QED) is 0.321. The average molecular weight is 575 g/mol. The van der Waals surface area contributed by atoms with Crippen molar-refractivity contribution >= 4 is 56.8 Å². The molecule has 8 heteroatoms. The van der Waals surface area contributed by atoms with Crippen molar-refractivity contribution in [3.63, 3.8) is 0 Å². The average Bonchev–Trinajstić information content (AvgIpc) is 3.26. The van der Waals surface area contributed by atoms with Crippen molar-refractivity contribution < 1.29 is 9.59 Å². The highest BCUT2D eigenvalue weighted by Gasteiger charge is 2.64. The van der Waals surface area contributed by atoms with Gasteiger partial charge in [-0.1, -0.05) is 89.0 Å². The van der Waals surface area contributed by atoms with E-state index in [9.17, 15) is 9.59 Å². The predicted octanol–water partition coefficient (Wildman–Crippen LogP) is 6.83. The number of carbonyl (C=O) groups is 2. The Bertz CT molecular complexity index is 1230. The van der Waals surface area contributed by atoms with Gasteiger partial charge in [0.1, 0.15) is 5.54 Å². The summed E-state index contributed by atoms with van der Waals surface area (Å²) in [6.07, 6.45) is 0. The normalized spacial score (nSPS) is 22.2. The van der Waals surface area contributed by atoms with E-state index < -0.39 is 5.54 Å². The van der Waals surface area contributed by atoms with Crippen molar-refractivity contribution in [1.82, 2.24) is 9.80 Å². The molecule has 0 radical (unpaired) electrons. The van der Waals surface area contributed by atoms with Gasteiger partial charge >= 0.3 is 6.03 Å². The number of hydrogen-bond acceptors (Lipinski definition) is 3. The number of rotatable bonds is 4. The maximum atomic E-state index is 14.2. The van der Waals surface area contributed by atoms with E-state index in [1.165, 1.54) is 4.90 Å². The third kappa shape index (κ3) is 4.49. The number of benzene rings is 3. The molecule has 3 aromatic carbocycles. The monoisotopic (exact) mass is 573 g/mol. The molecule has 182 valence electrons. The zero-order chi connectivity index (χ0) is 24.0. The Labute approximate surface area is 224 Å². The van der Waals surface area contributed by atoms with Gasteiger partial charge in [-0.3, -0.25) is 9.69 Å². The summed E-state index contributed by atoms with van der Waals surface area (Å²) in [4.78, 5) is 32.7. The van der Waals surface area contributed by atoms with Crippen LogP contribution in [0.3, 0.4) is 0 Å². The topological polar surface area (TPSA) is 43.9 Å². The molecule has 0 bridgehead atoms. The van der Waals surface area contributed by atoms with Gasteiger partial charge in [0, 0.05) is 47.1 Å². The van der Waals surface area contributed by atoms with Crippen LogP contribution in [0, 0.1) is 0 Å². The molecule has 35 heavy (non-hydrogen) atoms. The minimum atomic E-state index is -1.05. The first-order valence-electron chi connectivity index (χ1n) is 10.9. The Morgan fingerprint density at radius 3 is 2.23 bits per heavy atom. The fraction of sp³-hybridized carbons (Fsp3) is 0.259. The van der Waals surface area contributed by atoms with E-state index in [0.717, 1.165) is 15.6 Å². The zero-order valence-corrected chi connectivity index (χ0v) is 21.5. The Morgan fingerprint density at radius 2 is 1.60 bits per heavy atom. The number of anilines is 1. The van der Waals surface area contributed by atoms with Crippen molar-refractivity contribution in [2.24, 2.45) is 0 Å². The van der Waals surface area contributed by atoms with Crippen LogP contribution in [0.25, 0.3) is 0 Å². The lowest BCUT2D eigenvalue weighted by Gasteiger charge is -2.34. The number of imide groups is 1. The second-order valence-electron chi connectivity index (χ2n) is 8.79. The van der Waals surface area contributed by atoms with Crippen LogP contribution in [0.15, 0.2) is 77.3 Å². The van der Waals surface area contributed by atoms with Crippen LogP contribution in [-0.4, -0.2) is 47.4 Å². The van der Waals surface area contributed by atoms with Gasteiger partial charge in [-0.05, 0) is 41.5 Å². The number of urea groups is 1. The van der Waals surface area contributed by atoms with Crippen LogP contribution in [-0.2, 0) is 11.3 Å². The lowest BCUT2D eigenvalue weighted by atomic mass is 9.81. The number of amides is 3. The van der Waals surface area contributed by atoms with E-state index >= 15 is 0 Å². The van der Waals surface area contributed by atoms with Gasteiger partial charge in [0.2, 0.25) is 0 Å². The van der Waals surface area contributed by atoms with Gasteiger partial charge in [0.25, 0.3) is 5.91 Å². The van der Waals surface area contributed by atoms with E-state index in [0.29, 0.717) is 35.4 Å². The first-order chi connectivity index (χ1) is 16.3. The number of likely N-dealkylation sites (N-methyl/N-ethyl adjacent to an activating group) is 1. The smallest absolute Gasteiger partial charge is 0.310 e. The lowest BCUT2D eigenvalue weighted by molar-refractivity contribution is -0.124. The molecule has 2 saturated heterocycles. The molecule has 2 atom stereocenters. The summed E-state index contributed by atoms with van der Waals surface area (Å²) < 4.78 is 0.960. The first kappa shape index (κ1) is 25.7. The van der Waals surface area contributed by atoms with Gasteiger partial charge in [-0.25, -0.2) is 9.69 Å². The highest BCUT2D eigenvalue weighted by Crippen LogP contribution is 2.47. The Morgan fingerprint density at radius 1 is 0.971 bits per heavy atom. The minimum Gasteiger partial charge on any atom is -0.310 e. The number of nitrogens with zero attached hydrogens (tertiary/aromatic N) is 3. The van der Waals surface area contributed by atoms with Crippen LogP contribution in [0.2, 0.25) is 10.0 Å². The molecule has 0 N–H and O–H groups in total. The molecule has 2 fully saturated rings. The van der Waals surface area contributed by atoms with Gasteiger partial charge in [-0.2, -0.15) is 0 Å². The van der Waals surface area contributed by atoms with E-state index in [-0.39, 0.29) is 25.3 Å². The van der Waals surface area contributed by atoms with Gasteiger partial charge in [0.05, 0.1) is 5.69 Å². The summed E-state index contributed by atoms with van der Waals surface area (Å²) in [6, 6.07) is 22.5. The van der Waals surface area contributed by atoms with Crippen molar-refractivity contribution in [2.45, 2.75) is 25.4 Å². The number of hydrogen-bond donors (Lipinski definition) is 0. The molecular weight excluding hydrogens is 549 g/mol. The van der Waals surface area contributed by atoms with E-state index in [4.69, 9.17) is 23.2 Å². The summed E-state index contributed by atoms with van der Waals surface area (Å²) in [5.41, 5.74) is 1.51. The highest BCUT2D eigenvalue weighted by atomic mass is 79.9. The molecule has 1 spiro atoms. The van der Waals surface area contributed by atoms with Crippen molar-refractivity contribution in [3.8, 4) is 0 Å². The molecule has 0 saturated carbocycles. The number of carbonyl (C=O) groups excluding carboxylic acids is 2. The van der Waals surface area contributed by atoms with Gasteiger partial charge in [-0.15, -0.1) is 0 Å². The molecule has 0 aliphatic carbocycles. The molecule has 2 aliphatic rings. The van der Waals surface area contributed by atoms with Crippen molar-refractivity contribution in [2.75, 3.05) is 25.0 Å². The fourth-order valence-corrected chi connectivity index (χ4v) is 5.94. The maximum Gasteiger partial charge on any atom is 0.332 e. The molecule has 2 aliphatic heterocycles. The Kier molecular flexibility index (Phi) is 7.30. The molecule has 5 rings (SSSR count). The first-order valence-corrected chi connectivity index (χ1v) is 12.4. The number of likely N-dealkylation sites (tertiary alicyclic amines) is 1. The van der Waals surface area contributed by atoms with Crippen LogP contribution >= 0.6 is 39.1 Å². The molecule has 2 heterocycles. The van der Waals surface area contributed by atoms with E-state index in [1.807, 2.05) is 42.5 Å². The molecule has 5 nitrogen and oxygen atoms in total. The van der Waals surface area contributed by atoms with Gasteiger partial charge in [0.15, 0.2) is 0 Å². The summed E-state index contributed by atoms with van der Waals surface area (Å²) in [7, 11) is 1.71. The number of halogens is 3.